The second-order valence-electron chi connectivity index (χ2n) is 3.49. The van der Waals surface area contributed by atoms with Gasteiger partial charge in [-0.25, -0.2) is 9.97 Å². The summed E-state index contributed by atoms with van der Waals surface area (Å²) in [6, 6.07) is 5.70. The molecule has 0 bridgehead atoms. The van der Waals surface area contributed by atoms with E-state index in [1.807, 2.05) is 25.3 Å². The molecule has 2 rings (SSSR count). The molecule has 5 nitrogen and oxygen atoms in total. The molecule has 2 aromatic heterocycles. The monoisotopic (exact) mass is 215 g/mol. The summed E-state index contributed by atoms with van der Waals surface area (Å²) in [5, 5.41) is 3.15. The van der Waals surface area contributed by atoms with Gasteiger partial charge in [0.05, 0.1) is 0 Å². The molecule has 16 heavy (non-hydrogen) atoms. The molecule has 0 fully saturated rings. The fourth-order valence-corrected chi connectivity index (χ4v) is 1.26. The van der Waals surface area contributed by atoms with Gasteiger partial charge in [0.25, 0.3) is 0 Å². The average Bonchev–Trinajstić information content (AvgIpc) is 2.28. The summed E-state index contributed by atoms with van der Waals surface area (Å²) in [4.78, 5) is 12.1. The number of aromatic nitrogens is 3. The Morgan fingerprint density at radius 1 is 1.25 bits per heavy atom. The van der Waals surface area contributed by atoms with Crippen LogP contribution in [0.25, 0.3) is 0 Å². The SMILES string of the molecule is Cc1ccc(CNc2cc(N)ncn2)cn1. The van der Waals surface area contributed by atoms with Gasteiger partial charge in [0.2, 0.25) is 0 Å². The molecule has 0 aliphatic carbocycles. The summed E-state index contributed by atoms with van der Waals surface area (Å²) in [5.41, 5.74) is 7.65. The van der Waals surface area contributed by atoms with Crippen molar-refractivity contribution in [2.75, 3.05) is 11.1 Å². The zero-order valence-electron chi connectivity index (χ0n) is 9.01. The van der Waals surface area contributed by atoms with Gasteiger partial charge in [-0.05, 0) is 18.6 Å². The second kappa shape index (κ2) is 4.57. The molecule has 0 amide bonds. The van der Waals surface area contributed by atoms with Crippen molar-refractivity contribution in [3.63, 3.8) is 0 Å². The molecule has 0 aliphatic heterocycles. The van der Waals surface area contributed by atoms with E-state index in [2.05, 4.69) is 20.3 Å². The first kappa shape index (κ1) is 10.4. The summed E-state index contributed by atoms with van der Waals surface area (Å²) in [5.74, 6) is 1.17. The molecule has 0 radical (unpaired) electrons. The van der Waals surface area contributed by atoms with Crippen molar-refractivity contribution in [1.29, 1.82) is 0 Å². The van der Waals surface area contributed by atoms with E-state index in [-0.39, 0.29) is 0 Å². The molecule has 2 aromatic rings. The highest BCUT2D eigenvalue weighted by Gasteiger charge is 1.96. The molecular formula is C11H13N5. The predicted molar refractivity (Wildman–Crippen MR) is 62.7 cm³/mol. The number of hydrogen-bond acceptors (Lipinski definition) is 5. The van der Waals surface area contributed by atoms with E-state index < -0.39 is 0 Å². The van der Waals surface area contributed by atoms with Crippen LogP contribution in [0.4, 0.5) is 11.6 Å². The molecule has 0 atom stereocenters. The van der Waals surface area contributed by atoms with Crippen LogP contribution in [0.1, 0.15) is 11.3 Å². The molecule has 0 saturated heterocycles. The van der Waals surface area contributed by atoms with Crippen LogP contribution in [0.3, 0.4) is 0 Å². The lowest BCUT2D eigenvalue weighted by Crippen LogP contribution is -2.03. The van der Waals surface area contributed by atoms with Crippen LogP contribution in [0.2, 0.25) is 0 Å². The minimum atomic E-state index is 0.458. The zero-order valence-corrected chi connectivity index (χ0v) is 9.01. The van der Waals surface area contributed by atoms with E-state index in [9.17, 15) is 0 Å². The lowest BCUT2D eigenvalue weighted by Gasteiger charge is -2.05. The normalized spacial score (nSPS) is 10.1. The second-order valence-corrected chi connectivity index (χ2v) is 3.49. The Labute approximate surface area is 93.8 Å². The fourth-order valence-electron chi connectivity index (χ4n) is 1.26. The zero-order chi connectivity index (χ0) is 11.4. The number of aryl methyl sites for hydroxylation is 1. The van der Waals surface area contributed by atoms with Crippen LogP contribution >= 0.6 is 0 Å². The van der Waals surface area contributed by atoms with Crippen LogP contribution in [-0.2, 0) is 6.54 Å². The number of nitrogens with zero attached hydrogens (tertiary/aromatic N) is 3. The van der Waals surface area contributed by atoms with Crippen molar-refractivity contribution in [3.05, 3.63) is 42.0 Å². The van der Waals surface area contributed by atoms with E-state index in [0.717, 1.165) is 11.3 Å². The maximum absolute atomic E-state index is 5.54. The highest BCUT2D eigenvalue weighted by Crippen LogP contribution is 2.07. The van der Waals surface area contributed by atoms with Crippen molar-refractivity contribution >= 4 is 11.6 Å². The highest BCUT2D eigenvalue weighted by molar-refractivity contribution is 5.43. The number of nitrogen functional groups attached to an aromatic ring is 1. The van der Waals surface area contributed by atoms with E-state index in [0.29, 0.717) is 18.2 Å². The van der Waals surface area contributed by atoms with Crippen LogP contribution in [-0.4, -0.2) is 15.0 Å². The molecule has 0 aromatic carbocycles. The summed E-state index contributed by atoms with van der Waals surface area (Å²) >= 11 is 0. The maximum atomic E-state index is 5.54. The molecule has 2 heterocycles. The van der Waals surface area contributed by atoms with E-state index >= 15 is 0 Å². The Morgan fingerprint density at radius 2 is 2.12 bits per heavy atom. The lowest BCUT2D eigenvalue weighted by atomic mass is 10.2. The van der Waals surface area contributed by atoms with Crippen LogP contribution in [0.15, 0.2) is 30.7 Å². The van der Waals surface area contributed by atoms with Gasteiger partial charge in [-0.2, -0.15) is 0 Å². The summed E-state index contributed by atoms with van der Waals surface area (Å²) in [7, 11) is 0. The Bertz CT molecular complexity index is 466. The Morgan fingerprint density at radius 3 is 2.81 bits per heavy atom. The average molecular weight is 215 g/mol. The molecular weight excluding hydrogens is 202 g/mol. The predicted octanol–water partition coefficient (Wildman–Crippen LogP) is 1.37. The molecule has 82 valence electrons. The molecule has 5 heteroatoms. The van der Waals surface area contributed by atoms with Gasteiger partial charge in [0, 0.05) is 24.5 Å². The largest absolute Gasteiger partial charge is 0.384 e. The van der Waals surface area contributed by atoms with Crippen LogP contribution in [0, 0.1) is 6.92 Å². The number of nitrogens with two attached hydrogens (primary N) is 1. The molecule has 0 unspecified atom stereocenters. The van der Waals surface area contributed by atoms with Gasteiger partial charge >= 0.3 is 0 Å². The van der Waals surface area contributed by atoms with Crippen molar-refractivity contribution in [2.24, 2.45) is 0 Å². The van der Waals surface area contributed by atoms with Crippen molar-refractivity contribution < 1.29 is 0 Å². The number of rotatable bonds is 3. The van der Waals surface area contributed by atoms with Crippen LogP contribution in [0.5, 0.6) is 0 Å². The van der Waals surface area contributed by atoms with Gasteiger partial charge in [0.1, 0.15) is 18.0 Å². The van der Waals surface area contributed by atoms with Crippen molar-refractivity contribution in [1.82, 2.24) is 15.0 Å². The third kappa shape index (κ3) is 2.66. The minimum absolute atomic E-state index is 0.458. The molecule has 3 N–H and O–H groups in total. The topological polar surface area (TPSA) is 76.7 Å². The van der Waals surface area contributed by atoms with Gasteiger partial charge in [-0.15, -0.1) is 0 Å². The van der Waals surface area contributed by atoms with Crippen molar-refractivity contribution in [2.45, 2.75) is 13.5 Å². The smallest absolute Gasteiger partial charge is 0.131 e. The van der Waals surface area contributed by atoms with Gasteiger partial charge in [0.15, 0.2) is 0 Å². The molecule has 0 aliphatic rings. The first-order chi connectivity index (χ1) is 7.74. The van der Waals surface area contributed by atoms with Crippen LogP contribution < -0.4 is 11.1 Å². The maximum Gasteiger partial charge on any atom is 0.131 e. The standard InChI is InChI=1S/C11H13N5/c1-8-2-3-9(5-13-8)6-14-11-4-10(12)15-7-16-11/h2-5,7H,6H2,1H3,(H3,12,14,15,16). The first-order valence-electron chi connectivity index (χ1n) is 4.97. The quantitative estimate of drug-likeness (QED) is 0.808. The van der Waals surface area contributed by atoms with E-state index in [1.165, 1.54) is 6.33 Å². The summed E-state index contributed by atoms with van der Waals surface area (Å²) < 4.78 is 0. The van der Waals surface area contributed by atoms with Gasteiger partial charge < -0.3 is 11.1 Å². The number of hydrogen-bond donors (Lipinski definition) is 2. The minimum Gasteiger partial charge on any atom is -0.384 e. The fraction of sp³-hybridized carbons (Fsp3) is 0.182. The number of pyridine rings is 1. The van der Waals surface area contributed by atoms with E-state index in [4.69, 9.17) is 5.73 Å². The molecule has 0 spiro atoms. The Balaban J connectivity index is 1.99. The van der Waals surface area contributed by atoms with Crippen molar-refractivity contribution in [3.8, 4) is 0 Å². The third-order valence-electron chi connectivity index (χ3n) is 2.13. The van der Waals surface area contributed by atoms with Gasteiger partial charge in [-0.1, -0.05) is 6.07 Å². The van der Waals surface area contributed by atoms with Gasteiger partial charge in [-0.3, -0.25) is 4.98 Å². The first-order valence-corrected chi connectivity index (χ1v) is 4.97. The summed E-state index contributed by atoms with van der Waals surface area (Å²) in [6.07, 6.45) is 3.28. The lowest BCUT2D eigenvalue weighted by molar-refractivity contribution is 1.06. The molecule has 0 saturated carbocycles. The number of nitrogens with one attached hydrogen (secondary N) is 1. The Hall–Kier alpha value is -2.17. The van der Waals surface area contributed by atoms with E-state index in [1.54, 1.807) is 6.07 Å². The number of anilines is 2. The Kier molecular flexibility index (Phi) is 2.95. The third-order valence-corrected chi connectivity index (χ3v) is 2.13. The summed E-state index contributed by atoms with van der Waals surface area (Å²) in [6.45, 7) is 2.63. The highest BCUT2D eigenvalue weighted by atomic mass is 15.0.